The van der Waals surface area contributed by atoms with Crippen LogP contribution >= 0.6 is 12.4 Å². The van der Waals surface area contributed by atoms with Gasteiger partial charge in [-0.05, 0) is 24.3 Å². The van der Waals surface area contributed by atoms with E-state index in [9.17, 15) is 9.59 Å². The van der Waals surface area contributed by atoms with Gasteiger partial charge in [0.2, 0.25) is 0 Å². The van der Waals surface area contributed by atoms with E-state index in [1.807, 2.05) is 6.07 Å². The number of nitrogens with zero attached hydrogens (tertiary/aromatic N) is 6. The van der Waals surface area contributed by atoms with Crippen molar-refractivity contribution in [1.82, 2.24) is 30.2 Å². The molecule has 2 unspecified atom stereocenters. The molecule has 0 saturated carbocycles. The average Bonchev–Trinajstić information content (AvgIpc) is 3.85. The summed E-state index contributed by atoms with van der Waals surface area (Å²) in [6, 6.07) is 13.3. The quantitative estimate of drug-likeness (QED) is 0.0613. The van der Waals surface area contributed by atoms with Crippen LogP contribution in [0.15, 0.2) is 66.1 Å². The van der Waals surface area contributed by atoms with Gasteiger partial charge >= 0.3 is 0 Å². The third-order valence-electron chi connectivity index (χ3n) is 6.82. The molecule has 2 aromatic carbocycles. The van der Waals surface area contributed by atoms with Crippen molar-refractivity contribution in [2.45, 2.75) is 12.1 Å². The molecule has 4 aromatic rings. The molecule has 0 fully saturated rings. The maximum atomic E-state index is 12.2. The number of nitrogens with two attached hydrogens (primary N) is 2. The summed E-state index contributed by atoms with van der Waals surface area (Å²) in [6.07, 6.45) is 3.15. The summed E-state index contributed by atoms with van der Waals surface area (Å²) < 4.78 is 14.1. The van der Waals surface area contributed by atoms with E-state index in [0.717, 1.165) is 11.1 Å². The first kappa shape index (κ1) is 33.9. The van der Waals surface area contributed by atoms with Gasteiger partial charge in [-0.2, -0.15) is 10.2 Å². The molecule has 17 heteroatoms. The Balaban J connectivity index is 0.000000229. The SMILES string of the molecule is Cl.Cn1nccc1C(=O)NC1COc2cc(C(N)=NO)ccc21.NO.[C-]#[N+]c1ccc2c(c1)OCC2NC(=O)c1ccnn1C. The fourth-order valence-electron chi connectivity index (χ4n) is 4.59. The minimum Gasteiger partial charge on any atom is -0.492 e. The van der Waals surface area contributed by atoms with Gasteiger partial charge in [0.1, 0.15) is 36.1 Å². The van der Waals surface area contributed by atoms with Crippen molar-refractivity contribution < 1.29 is 29.5 Å². The maximum Gasteiger partial charge on any atom is 0.270 e. The summed E-state index contributed by atoms with van der Waals surface area (Å²) in [6.45, 7) is 7.69. The van der Waals surface area contributed by atoms with Gasteiger partial charge in [0.05, 0.1) is 18.7 Å². The number of amidine groups is 1. The second kappa shape index (κ2) is 15.2. The van der Waals surface area contributed by atoms with Crippen molar-refractivity contribution in [3.05, 3.63) is 100 Å². The van der Waals surface area contributed by atoms with Gasteiger partial charge in [-0.1, -0.05) is 29.4 Å². The van der Waals surface area contributed by atoms with Crippen molar-refractivity contribution in [3.63, 3.8) is 0 Å². The Hall–Kier alpha value is -5.63. The first-order valence-electron chi connectivity index (χ1n) is 13.0. The van der Waals surface area contributed by atoms with Crippen molar-refractivity contribution in [2.24, 2.45) is 30.9 Å². The molecule has 0 radical (unpaired) electrons. The Morgan fingerprint density at radius 3 is 1.84 bits per heavy atom. The lowest BCUT2D eigenvalue weighted by atomic mass is 10.1. The molecule has 236 valence electrons. The largest absolute Gasteiger partial charge is 0.492 e. The standard InChI is InChI=1S/C14H15N5O3.C14H12N4O2.ClH.H3NO/c1-19-11(4-5-16-19)14(20)17-10-7-22-12-6-8(13(15)18-21)2-3-9(10)12;1-15-9-3-4-10-11(8-20-13(10)7-9)17-14(19)12-5-6-16-18(12)2;;1-2/h2-6,10,21H,7H2,1H3,(H2,15,18)(H,17,20);3-7,11H,8H2,2H3,(H,17,19);1H;2H,1H2. The van der Waals surface area contributed by atoms with Crippen LogP contribution in [0.25, 0.3) is 4.85 Å². The van der Waals surface area contributed by atoms with E-state index in [0.29, 0.717) is 47.4 Å². The predicted molar refractivity (Wildman–Crippen MR) is 163 cm³/mol. The lowest BCUT2D eigenvalue weighted by molar-refractivity contribution is 0.0913. The smallest absolute Gasteiger partial charge is 0.270 e. The molecular weight excluding hydrogens is 608 g/mol. The lowest BCUT2D eigenvalue weighted by Crippen LogP contribution is -2.30. The van der Waals surface area contributed by atoms with Crippen LogP contribution in [0.2, 0.25) is 0 Å². The zero-order valence-corrected chi connectivity index (χ0v) is 24.9. The fraction of sp³-hybridized carbons (Fsp3) is 0.214. The number of aryl methyl sites for hydroxylation is 2. The predicted octanol–water partition coefficient (Wildman–Crippen LogP) is 1.97. The molecule has 2 aliphatic heterocycles. The number of hydrogen-bond donors (Lipinski definition) is 6. The van der Waals surface area contributed by atoms with Crippen LogP contribution in [0.1, 0.15) is 49.8 Å². The number of ether oxygens (including phenoxy) is 2. The normalized spacial score (nSPS) is 15.6. The second-order valence-corrected chi connectivity index (χ2v) is 9.43. The summed E-state index contributed by atoms with van der Waals surface area (Å²) in [5.74, 6) is 4.37. The van der Waals surface area contributed by atoms with Crippen LogP contribution in [-0.4, -0.2) is 60.8 Å². The van der Waals surface area contributed by atoms with Crippen LogP contribution in [0.3, 0.4) is 0 Å². The van der Waals surface area contributed by atoms with Crippen molar-refractivity contribution >= 4 is 35.7 Å². The Morgan fingerprint density at radius 1 is 0.911 bits per heavy atom. The molecular formula is C28H31ClN10O6. The zero-order valence-electron chi connectivity index (χ0n) is 24.1. The molecule has 16 nitrogen and oxygen atoms in total. The molecule has 2 amide bonds. The topological polar surface area (TPSA) is 222 Å². The number of nitrogens with one attached hydrogen (secondary N) is 2. The van der Waals surface area contributed by atoms with E-state index in [1.165, 1.54) is 9.36 Å². The summed E-state index contributed by atoms with van der Waals surface area (Å²) in [5, 5.41) is 31.9. The highest BCUT2D eigenvalue weighted by Gasteiger charge is 2.28. The Kier molecular flexibility index (Phi) is 11.4. The molecule has 0 aliphatic carbocycles. The van der Waals surface area contributed by atoms with Gasteiger partial charge in [-0.3, -0.25) is 19.0 Å². The number of oxime groups is 1. The number of amides is 2. The monoisotopic (exact) mass is 638 g/mol. The first-order valence-corrected chi connectivity index (χ1v) is 13.0. The molecule has 2 aromatic heterocycles. The van der Waals surface area contributed by atoms with E-state index >= 15 is 0 Å². The minimum absolute atomic E-state index is 0. The number of carbonyl (C=O) groups excluding carboxylic acids is 2. The van der Waals surface area contributed by atoms with Crippen LogP contribution in [0, 0.1) is 6.57 Å². The third kappa shape index (κ3) is 7.48. The van der Waals surface area contributed by atoms with Gasteiger partial charge in [-0.15, -0.1) is 12.4 Å². The number of halogens is 1. The van der Waals surface area contributed by atoms with Crippen LogP contribution < -0.4 is 31.7 Å². The van der Waals surface area contributed by atoms with Gasteiger partial charge < -0.3 is 36.3 Å². The highest BCUT2D eigenvalue weighted by atomic mass is 35.5. The van der Waals surface area contributed by atoms with E-state index in [4.69, 9.17) is 32.2 Å². The third-order valence-corrected chi connectivity index (χ3v) is 6.82. The van der Waals surface area contributed by atoms with E-state index < -0.39 is 0 Å². The average molecular weight is 639 g/mol. The minimum atomic E-state index is -0.251. The first-order chi connectivity index (χ1) is 21.3. The van der Waals surface area contributed by atoms with Gasteiger partial charge in [0, 0.05) is 43.2 Å². The molecule has 0 saturated heterocycles. The van der Waals surface area contributed by atoms with Crippen LogP contribution in [0.5, 0.6) is 11.5 Å². The molecule has 2 aliphatic rings. The summed E-state index contributed by atoms with van der Waals surface area (Å²) >= 11 is 0. The van der Waals surface area contributed by atoms with E-state index in [2.05, 4.69) is 36.7 Å². The van der Waals surface area contributed by atoms with Crippen molar-refractivity contribution in [1.29, 1.82) is 0 Å². The number of fused-ring (bicyclic) bond motifs is 2. The number of aromatic nitrogens is 4. The molecule has 8 N–H and O–H groups in total. The van der Waals surface area contributed by atoms with Crippen LogP contribution in [0.4, 0.5) is 5.69 Å². The Morgan fingerprint density at radius 2 is 1.40 bits per heavy atom. The van der Waals surface area contributed by atoms with Gasteiger partial charge in [-0.25, -0.2) is 10.7 Å². The number of hydrogen-bond acceptors (Lipinski definition) is 10. The number of benzene rings is 2. The molecule has 45 heavy (non-hydrogen) atoms. The molecule has 6 rings (SSSR count). The zero-order chi connectivity index (χ0) is 31.8. The van der Waals surface area contributed by atoms with Gasteiger partial charge in [0.15, 0.2) is 11.5 Å². The fourth-order valence-corrected chi connectivity index (χ4v) is 4.59. The Labute approximate surface area is 263 Å². The van der Waals surface area contributed by atoms with Crippen LogP contribution in [-0.2, 0) is 14.1 Å². The highest BCUT2D eigenvalue weighted by molar-refractivity contribution is 5.97. The van der Waals surface area contributed by atoms with Gasteiger partial charge in [0.25, 0.3) is 11.8 Å². The molecule has 0 spiro atoms. The molecule has 0 bridgehead atoms. The maximum absolute atomic E-state index is 12.2. The summed E-state index contributed by atoms with van der Waals surface area (Å²) in [7, 11) is 3.42. The lowest BCUT2D eigenvalue weighted by Gasteiger charge is -2.12. The summed E-state index contributed by atoms with van der Waals surface area (Å²) in [4.78, 5) is 27.7. The number of carbonyl (C=O) groups is 2. The molecule has 2 atom stereocenters. The molecule has 4 heterocycles. The summed E-state index contributed by atoms with van der Waals surface area (Å²) in [5.41, 5.74) is 9.35. The highest BCUT2D eigenvalue weighted by Crippen LogP contribution is 2.35. The van der Waals surface area contributed by atoms with E-state index in [1.54, 1.807) is 69.0 Å². The van der Waals surface area contributed by atoms with Crippen molar-refractivity contribution in [2.75, 3.05) is 13.2 Å². The Bertz CT molecular complexity index is 1730. The second-order valence-electron chi connectivity index (χ2n) is 9.43. The number of rotatable bonds is 5. The van der Waals surface area contributed by atoms with E-state index in [-0.39, 0.29) is 42.1 Å². The van der Waals surface area contributed by atoms with Crippen molar-refractivity contribution in [3.8, 4) is 11.5 Å².